The molecule has 0 spiro atoms. The first-order valence-corrected chi connectivity index (χ1v) is 6.55. The summed E-state index contributed by atoms with van der Waals surface area (Å²) in [6, 6.07) is 4.74. The molecule has 1 aromatic rings. The second kappa shape index (κ2) is 5.24. The van der Waals surface area contributed by atoms with Crippen LogP contribution in [0.5, 0.6) is 5.75 Å². The second-order valence-electron chi connectivity index (χ2n) is 5.08. The fourth-order valence-electron chi connectivity index (χ4n) is 2.60. The van der Waals surface area contributed by atoms with E-state index in [1.54, 1.807) is 12.1 Å². The summed E-state index contributed by atoms with van der Waals surface area (Å²) in [5.74, 6) is 1.27. The summed E-state index contributed by atoms with van der Waals surface area (Å²) in [7, 11) is 0. The van der Waals surface area contributed by atoms with Gasteiger partial charge in [-0.2, -0.15) is 0 Å². The predicted molar refractivity (Wildman–Crippen MR) is 66.3 cm³/mol. The van der Waals surface area contributed by atoms with Gasteiger partial charge in [0.1, 0.15) is 17.7 Å². The molecule has 1 fully saturated rings. The molecule has 0 bridgehead atoms. The van der Waals surface area contributed by atoms with E-state index in [2.05, 4.69) is 5.32 Å². The fraction of sp³-hybridized carbons (Fsp3) is 0.571. The molecule has 2 heterocycles. The Bertz CT molecular complexity index is 418. The maximum Gasteiger partial charge on any atom is 0.123 e. The third kappa shape index (κ3) is 2.65. The number of benzene rings is 1. The Morgan fingerprint density at radius 3 is 3.11 bits per heavy atom. The molecule has 0 saturated carbocycles. The molecule has 98 valence electrons. The Kier molecular flexibility index (Phi) is 3.48. The van der Waals surface area contributed by atoms with Crippen molar-refractivity contribution in [3.8, 4) is 5.75 Å². The van der Waals surface area contributed by atoms with Crippen molar-refractivity contribution in [1.82, 2.24) is 5.32 Å². The molecule has 2 aliphatic heterocycles. The van der Waals surface area contributed by atoms with Crippen LogP contribution < -0.4 is 10.1 Å². The van der Waals surface area contributed by atoms with Crippen molar-refractivity contribution < 1.29 is 13.9 Å². The molecule has 1 saturated heterocycles. The summed E-state index contributed by atoms with van der Waals surface area (Å²) >= 11 is 0. The number of ether oxygens (including phenoxy) is 2. The van der Waals surface area contributed by atoms with Crippen LogP contribution in [0.15, 0.2) is 18.2 Å². The van der Waals surface area contributed by atoms with Crippen molar-refractivity contribution in [2.75, 3.05) is 26.3 Å². The predicted octanol–water partition coefficient (Wildman–Crippen LogP) is 1.76. The minimum atomic E-state index is -0.186. The topological polar surface area (TPSA) is 30.5 Å². The molecule has 3 rings (SSSR count). The van der Waals surface area contributed by atoms with Gasteiger partial charge in [-0.1, -0.05) is 0 Å². The Morgan fingerprint density at radius 2 is 2.28 bits per heavy atom. The average molecular weight is 251 g/mol. The van der Waals surface area contributed by atoms with E-state index in [0.29, 0.717) is 5.92 Å². The highest BCUT2D eigenvalue weighted by molar-refractivity contribution is 5.37. The monoisotopic (exact) mass is 251 g/mol. The lowest BCUT2D eigenvalue weighted by Crippen LogP contribution is -2.33. The number of fused-ring (bicyclic) bond motifs is 1. The van der Waals surface area contributed by atoms with Crippen molar-refractivity contribution >= 4 is 0 Å². The molecule has 1 aromatic carbocycles. The van der Waals surface area contributed by atoms with Crippen LogP contribution in [0.25, 0.3) is 0 Å². The zero-order valence-electron chi connectivity index (χ0n) is 10.3. The van der Waals surface area contributed by atoms with Crippen molar-refractivity contribution in [2.24, 2.45) is 5.92 Å². The van der Waals surface area contributed by atoms with E-state index in [4.69, 9.17) is 9.47 Å². The van der Waals surface area contributed by atoms with Gasteiger partial charge in [0.15, 0.2) is 0 Å². The van der Waals surface area contributed by atoms with Gasteiger partial charge in [0.05, 0.1) is 6.61 Å². The molecule has 2 unspecified atom stereocenters. The Labute approximate surface area is 106 Å². The number of hydrogen-bond donors (Lipinski definition) is 1. The van der Waals surface area contributed by atoms with Crippen LogP contribution in [0.2, 0.25) is 0 Å². The number of rotatable bonds is 4. The van der Waals surface area contributed by atoms with Gasteiger partial charge in [-0.25, -0.2) is 4.39 Å². The molecule has 0 aliphatic carbocycles. The first-order valence-electron chi connectivity index (χ1n) is 6.55. The SMILES string of the molecule is Fc1ccc2c(c1)CC(CNCC1CCOC1)O2. The minimum Gasteiger partial charge on any atom is -0.488 e. The van der Waals surface area contributed by atoms with Crippen LogP contribution in [0.4, 0.5) is 4.39 Å². The van der Waals surface area contributed by atoms with Gasteiger partial charge < -0.3 is 14.8 Å². The molecular weight excluding hydrogens is 233 g/mol. The van der Waals surface area contributed by atoms with Crippen molar-refractivity contribution in [2.45, 2.75) is 18.9 Å². The van der Waals surface area contributed by atoms with E-state index in [-0.39, 0.29) is 11.9 Å². The molecule has 1 N–H and O–H groups in total. The smallest absolute Gasteiger partial charge is 0.123 e. The molecule has 18 heavy (non-hydrogen) atoms. The summed E-state index contributed by atoms with van der Waals surface area (Å²) in [4.78, 5) is 0. The Hall–Kier alpha value is -1.13. The van der Waals surface area contributed by atoms with Crippen LogP contribution in [-0.4, -0.2) is 32.4 Å². The summed E-state index contributed by atoms with van der Waals surface area (Å²) in [5, 5.41) is 3.42. The quantitative estimate of drug-likeness (QED) is 0.884. The summed E-state index contributed by atoms with van der Waals surface area (Å²) in [6.07, 6.45) is 2.06. The van der Waals surface area contributed by atoms with Gasteiger partial charge in [-0.05, 0) is 30.5 Å². The van der Waals surface area contributed by atoms with Crippen molar-refractivity contribution in [3.63, 3.8) is 0 Å². The second-order valence-corrected chi connectivity index (χ2v) is 5.08. The number of halogens is 1. The first-order chi connectivity index (χ1) is 8.81. The largest absolute Gasteiger partial charge is 0.488 e. The van der Waals surface area contributed by atoms with E-state index < -0.39 is 0 Å². The van der Waals surface area contributed by atoms with Crippen LogP contribution in [0.3, 0.4) is 0 Å². The lowest BCUT2D eigenvalue weighted by atomic mass is 10.1. The third-order valence-corrected chi connectivity index (χ3v) is 3.59. The highest BCUT2D eigenvalue weighted by Gasteiger charge is 2.23. The molecule has 2 aliphatic rings. The van der Waals surface area contributed by atoms with Crippen LogP contribution in [-0.2, 0) is 11.2 Å². The van der Waals surface area contributed by atoms with Gasteiger partial charge in [0, 0.05) is 31.7 Å². The molecule has 2 atom stereocenters. The van der Waals surface area contributed by atoms with Gasteiger partial charge >= 0.3 is 0 Å². The third-order valence-electron chi connectivity index (χ3n) is 3.59. The molecule has 0 radical (unpaired) electrons. The molecular formula is C14H18FNO2. The van der Waals surface area contributed by atoms with Gasteiger partial charge in [0.2, 0.25) is 0 Å². The number of nitrogens with one attached hydrogen (secondary N) is 1. The van der Waals surface area contributed by atoms with E-state index in [1.807, 2.05) is 0 Å². The Balaban J connectivity index is 1.46. The lowest BCUT2D eigenvalue weighted by Gasteiger charge is -2.14. The van der Waals surface area contributed by atoms with Gasteiger partial charge in [0.25, 0.3) is 0 Å². The highest BCUT2D eigenvalue weighted by atomic mass is 19.1. The van der Waals surface area contributed by atoms with E-state index in [0.717, 1.165) is 50.5 Å². The summed E-state index contributed by atoms with van der Waals surface area (Å²) < 4.78 is 24.2. The minimum absolute atomic E-state index is 0.129. The highest BCUT2D eigenvalue weighted by Crippen LogP contribution is 2.28. The maximum absolute atomic E-state index is 13.1. The Morgan fingerprint density at radius 1 is 1.33 bits per heavy atom. The molecule has 4 heteroatoms. The fourth-order valence-corrected chi connectivity index (χ4v) is 2.60. The van der Waals surface area contributed by atoms with Gasteiger partial charge in [-0.3, -0.25) is 0 Å². The average Bonchev–Trinajstić information content (AvgIpc) is 2.97. The van der Waals surface area contributed by atoms with Crippen LogP contribution >= 0.6 is 0 Å². The first kappa shape index (κ1) is 11.9. The van der Waals surface area contributed by atoms with Crippen LogP contribution in [0.1, 0.15) is 12.0 Å². The maximum atomic E-state index is 13.1. The van der Waals surface area contributed by atoms with Crippen molar-refractivity contribution in [3.05, 3.63) is 29.6 Å². The standard InChI is InChI=1S/C14H18FNO2/c15-12-1-2-14-11(5-12)6-13(18-14)8-16-7-10-3-4-17-9-10/h1-2,5,10,13,16H,3-4,6-9H2. The lowest BCUT2D eigenvalue weighted by molar-refractivity contribution is 0.182. The van der Waals surface area contributed by atoms with Gasteiger partial charge in [-0.15, -0.1) is 0 Å². The number of hydrogen-bond acceptors (Lipinski definition) is 3. The molecule has 0 amide bonds. The zero-order chi connectivity index (χ0) is 12.4. The van der Waals surface area contributed by atoms with Crippen molar-refractivity contribution in [1.29, 1.82) is 0 Å². The van der Waals surface area contributed by atoms with E-state index >= 15 is 0 Å². The summed E-state index contributed by atoms with van der Waals surface area (Å²) in [6.45, 7) is 3.54. The van der Waals surface area contributed by atoms with Crippen LogP contribution in [0, 0.1) is 11.7 Å². The molecule has 0 aromatic heterocycles. The molecule has 3 nitrogen and oxygen atoms in total. The normalized spacial score (nSPS) is 26.1. The zero-order valence-corrected chi connectivity index (χ0v) is 10.3. The van der Waals surface area contributed by atoms with E-state index in [9.17, 15) is 4.39 Å². The summed E-state index contributed by atoms with van der Waals surface area (Å²) in [5.41, 5.74) is 0.978. The van der Waals surface area contributed by atoms with E-state index in [1.165, 1.54) is 6.07 Å².